The number of benzene rings is 2. The third-order valence-electron chi connectivity index (χ3n) is 3.48. The van der Waals surface area contributed by atoms with Crippen LogP contribution < -0.4 is 4.74 Å². The minimum absolute atomic E-state index is 0.00503. The molecule has 1 heterocycles. The summed E-state index contributed by atoms with van der Waals surface area (Å²) in [6, 6.07) is 15.0. The molecule has 6 nitrogen and oxygen atoms in total. The molecule has 0 saturated carbocycles. The molecule has 23 heavy (non-hydrogen) atoms. The van der Waals surface area contributed by atoms with Gasteiger partial charge in [0.05, 0.1) is 13.7 Å². The smallest absolute Gasteiger partial charge is 0.204 e. The van der Waals surface area contributed by atoms with Crippen LogP contribution in [0.15, 0.2) is 48.5 Å². The van der Waals surface area contributed by atoms with Gasteiger partial charge >= 0.3 is 0 Å². The Morgan fingerprint density at radius 3 is 2.65 bits per heavy atom. The number of Topliss-reactive ketones (excluding diaryl/α,β-unsaturated/α-hetero) is 1. The lowest BCUT2D eigenvalue weighted by molar-refractivity contribution is 0.101. The van der Waals surface area contributed by atoms with Crippen molar-refractivity contribution in [3.63, 3.8) is 0 Å². The van der Waals surface area contributed by atoms with Gasteiger partial charge in [-0.15, -0.1) is 10.2 Å². The van der Waals surface area contributed by atoms with Gasteiger partial charge in [-0.3, -0.25) is 4.79 Å². The quantitative estimate of drug-likeness (QED) is 0.678. The molecule has 0 bridgehead atoms. The molecule has 0 spiro atoms. The summed E-state index contributed by atoms with van der Waals surface area (Å²) in [5, 5.41) is 12.5. The Hall–Kier alpha value is -3.02. The van der Waals surface area contributed by atoms with Crippen molar-refractivity contribution in [2.24, 2.45) is 0 Å². The van der Waals surface area contributed by atoms with E-state index >= 15 is 0 Å². The molecule has 1 aromatic heterocycles. The highest BCUT2D eigenvalue weighted by Crippen LogP contribution is 2.21. The maximum atomic E-state index is 11.5. The van der Waals surface area contributed by atoms with E-state index in [-0.39, 0.29) is 5.78 Å². The fourth-order valence-corrected chi connectivity index (χ4v) is 2.29. The van der Waals surface area contributed by atoms with E-state index in [2.05, 4.69) is 15.4 Å². The van der Waals surface area contributed by atoms with Crippen LogP contribution in [0.2, 0.25) is 0 Å². The molecule has 2 aromatic carbocycles. The standard InChI is InChI=1S/C17H16N4O2/c1-12(22)14-8-9-16(23-2)15(10-14)11-21-19-17(18-20-21)13-6-4-3-5-7-13/h3-10H,11H2,1-2H3. The van der Waals surface area contributed by atoms with Crippen molar-refractivity contribution >= 4 is 5.78 Å². The number of carbonyl (C=O) groups excluding carboxylic acids is 1. The van der Waals surface area contributed by atoms with Crippen LogP contribution in [0.1, 0.15) is 22.8 Å². The summed E-state index contributed by atoms with van der Waals surface area (Å²) < 4.78 is 5.34. The van der Waals surface area contributed by atoms with Gasteiger partial charge in [-0.25, -0.2) is 0 Å². The summed E-state index contributed by atoms with van der Waals surface area (Å²) in [7, 11) is 1.59. The van der Waals surface area contributed by atoms with Gasteiger partial charge in [-0.1, -0.05) is 30.3 Å². The molecule has 0 saturated heterocycles. The zero-order valence-electron chi connectivity index (χ0n) is 12.9. The maximum absolute atomic E-state index is 11.5. The number of hydrogen-bond donors (Lipinski definition) is 0. The lowest BCUT2D eigenvalue weighted by atomic mass is 10.1. The number of aromatic nitrogens is 4. The Morgan fingerprint density at radius 2 is 1.96 bits per heavy atom. The van der Waals surface area contributed by atoms with Gasteiger partial charge in [0.15, 0.2) is 5.78 Å². The van der Waals surface area contributed by atoms with Gasteiger partial charge in [-0.2, -0.15) is 4.80 Å². The van der Waals surface area contributed by atoms with E-state index in [1.165, 1.54) is 11.7 Å². The molecule has 116 valence electrons. The van der Waals surface area contributed by atoms with E-state index in [1.807, 2.05) is 30.3 Å². The van der Waals surface area contributed by atoms with E-state index in [9.17, 15) is 4.79 Å². The molecular weight excluding hydrogens is 292 g/mol. The van der Waals surface area contributed by atoms with Crippen molar-refractivity contribution < 1.29 is 9.53 Å². The van der Waals surface area contributed by atoms with Crippen molar-refractivity contribution in [1.29, 1.82) is 0 Å². The van der Waals surface area contributed by atoms with Gasteiger partial charge in [0.1, 0.15) is 5.75 Å². The number of ether oxygens (including phenoxy) is 1. The summed E-state index contributed by atoms with van der Waals surface area (Å²) in [5.74, 6) is 1.26. The molecule has 6 heteroatoms. The minimum atomic E-state index is 0.00503. The summed E-state index contributed by atoms with van der Waals surface area (Å²) in [4.78, 5) is 13.0. The Balaban J connectivity index is 1.89. The zero-order valence-corrected chi connectivity index (χ0v) is 12.9. The average molecular weight is 308 g/mol. The van der Waals surface area contributed by atoms with Gasteiger partial charge < -0.3 is 4.74 Å². The first kappa shape index (κ1) is 14.9. The van der Waals surface area contributed by atoms with Gasteiger partial charge in [-0.05, 0) is 30.3 Å². The van der Waals surface area contributed by atoms with Crippen LogP contribution in [0.5, 0.6) is 5.75 Å². The largest absolute Gasteiger partial charge is 0.496 e. The first-order valence-corrected chi connectivity index (χ1v) is 7.18. The van der Waals surface area contributed by atoms with E-state index in [0.29, 0.717) is 23.7 Å². The average Bonchev–Trinajstić information content (AvgIpc) is 3.04. The van der Waals surface area contributed by atoms with Crippen LogP contribution >= 0.6 is 0 Å². The number of nitrogens with zero attached hydrogens (tertiary/aromatic N) is 4. The van der Waals surface area contributed by atoms with E-state index in [1.54, 1.807) is 25.3 Å². The number of carbonyl (C=O) groups is 1. The topological polar surface area (TPSA) is 69.9 Å². The number of ketones is 1. The molecule has 0 aliphatic heterocycles. The minimum Gasteiger partial charge on any atom is -0.496 e. The van der Waals surface area contributed by atoms with Crippen LogP contribution in [0.4, 0.5) is 0 Å². The highest BCUT2D eigenvalue weighted by molar-refractivity contribution is 5.94. The second-order valence-corrected chi connectivity index (χ2v) is 5.09. The number of rotatable bonds is 5. The Kier molecular flexibility index (Phi) is 4.14. The zero-order chi connectivity index (χ0) is 16.2. The van der Waals surface area contributed by atoms with E-state index < -0.39 is 0 Å². The third-order valence-corrected chi connectivity index (χ3v) is 3.48. The molecule has 0 unspecified atom stereocenters. The number of methoxy groups -OCH3 is 1. The van der Waals surface area contributed by atoms with Gasteiger partial charge in [0.2, 0.25) is 5.82 Å². The maximum Gasteiger partial charge on any atom is 0.204 e. The number of hydrogen-bond acceptors (Lipinski definition) is 5. The Bertz CT molecular complexity index is 828. The molecule has 0 atom stereocenters. The van der Waals surface area contributed by atoms with Crippen LogP contribution in [0.3, 0.4) is 0 Å². The lowest BCUT2D eigenvalue weighted by Gasteiger charge is -2.09. The lowest BCUT2D eigenvalue weighted by Crippen LogP contribution is -2.07. The highest BCUT2D eigenvalue weighted by Gasteiger charge is 2.11. The van der Waals surface area contributed by atoms with Crippen LogP contribution in [0.25, 0.3) is 11.4 Å². The predicted octanol–water partition coefficient (Wildman–Crippen LogP) is 2.60. The second kappa shape index (κ2) is 6.39. The fraction of sp³-hybridized carbons (Fsp3) is 0.176. The first-order chi connectivity index (χ1) is 11.2. The Morgan fingerprint density at radius 1 is 1.17 bits per heavy atom. The molecule has 0 aliphatic rings. The molecule has 0 fully saturated rings. The summed E-state index contributed by atoms with van der Waals surface area (Å²) in [6.45, 7) is 1.91. The Labute approximate surface area is 133 Å². The monoisotopic (exact) mass is 308 g/mol. The van der Waals surface area contributed by atoms with Crippen molar-refractivity contribution in [2.75, 3.05) is 7.11 Å². The van der Waals surface area contributed by atoms with Gasteiger partial charge in [0, 0.05) is 16.7 Å². The van der Waals surface area contributed by atoms with E-state index in [0.717, 1.165) is 11.1 Å². The van der Waals surface area contributed by atoms with Crippen LogP contribution in [-0.2, 0) is 6.54 Å². The first-order valence-electron chi connectivity index (χ1n) is 7.18. The third kappa shape index (κ3) is 3.26. The molecule has 0 N–H and O–H groups in total. The highest BCUT2D eigenvalue weighted by atomic mass is 16.5. The molecule has 0 radical (unpaired) electrons. The van der Waals surface area contributed by atoms with Crippen molar-refractivity contribution in [3.05, 3.63) is 59.7 Å². The van der Waals surface area contributed by atoms with Crippen LogP contribution in [0, 0.1) is 0 Å². The number of tetrazole rings is 1. The molecular formula is C17H16N4O2. The van der Waals surface area contributed by atoms with Crippen LogP contribution in [-0.4, -0.2) is 33.1 Å². The summed E-state index contributed by atoms with van der Waals surface area (Å²) in [5.41, 5.74) is 2.37. The van der Waals surface area contributed by atoms with Crippen molar-refractivity contribution in [2.45, 2.75) is 13.5 Å². The normalized spacial score (nSPS) is 10.5. The summed E-state index contributed by atoms with van der Waals surface area (Å²) in [6.07, 6.45) is 0. The second-order valence-electron chi connectivity index (χ2n) is 5.09. The van der Waals surface area contributed by atoms with Crippen molar-refractivity contribution in [1.82, 2.24) is 20.2 Å². The molecule has 0 aliphatic carbocycles. The SMILES string of the molecule is COc1ccc(C(C)=O)cc1Cn1nnc(-c2ccccc2)n1. The molecule has 3 rings (SSSR count). The summed E-state index contributed by atoms with van der Waals surface area (Å²) >= 11 is 0. The molecule has 0 amide bonds. The fourth-order valence-electron chi connectivity index (χ4n) is 2.29. The van der Waals surface area contributed by atoms with E-state index in [4.69, 9.17) is 4.74 Å². The molecule has 3 aromatic rings. The van der Waals surface area contributed by atoms with Crippen molar-refractivity contribution in [3.8, 4) is 17.1 Å². The van der Waals surface area contributed by atoms with Gasteiger partial charge in [0.25, 0.3) is 0 Å². The predicted molar refractivity (Wildman–Crippen MR) is 85.4 cm³/mol.